The Morgan fingerprint density at radius 3 is 2.27 bits per heavy atom. The van der Waals surface area contributed by atoms with E-state index in [9.17, 15) is 0 Å². The molecule has 0 saturated carbocycles. The van der Waals surface area contributed by atoms with E-state index in [2.05, 4.69) is 4.98 Å². The van der Waals surface area contributed by atoms with Crippen LogP contribution in [-0.4, -0.2) is 4.98 Å². The average molecular weight is 153 g/mol. The zero-order valence-electron chi connectivity index (χ0n) is 7.04. The first kappa shape index (κ1) is 10.1. The summed E-state index contributed by atoms with van der Waals surface area (Å²) in [6, 6.07) is 5.76. The van der Waals surface area contributed by atoms with E-state index < -0.39 is 0 Å². The van der Waals surface area contributed by atoms with Crippen molar-refractivity contribution in [1.82, 2.24) is 11.1 Å². The molecule has 3 nitrogen and oxygen atoms in total. The van der Waals surface area contributed by atoms with E-state index in [1.54, 1.807) is 6.20 Å². The van der Waals surface area contributed by atoms with Gasteiger partial charge in [0.25, 0.3) is 0 Å². The standard InChI is InChI=1S/C8H12N2.H3N/c1-8(2,9)7-5-3-4-6-10-7;/h3-6H,9H2,1-2H3;1H3. The molecule has 11 heavy (non-hydrogen) atoms. The van der Waals surface area contributed by atoms with E-state index >= 15 is 0 Å². The summed E-state index contributed by atoms with van der Waals surface area (Å²) in [4.78, 5) is 4.12. The Morgan fingerprint density at radius 1 is 1.36 bits per heavy atom. The Hall–Kier alpha value is -0.930. The molecule has 0 radical (unpaired) electrons. The van der Waals surface area contributed by atoms with Crippen LogP contribution in [-0.2, 0) is 5.54 Å². The number of hydrogen-bond acceptors (Lipinski definition) is 3. The molecule has 0 spiro atoms. The maximum absolute atomic E-state index is 5.79. The van der Waals surface area contributed by atoms with Crippen molar-refractivity contribution in [2.24, 2.45) is 5.73 Å². The maximum Gasteiger partial charge on any atom is 0.0596 e. The van der Waals surface area contributed by atoms with Crippen LogP contribution in [0.4, 0.5) is 0 Å². The van der Waals surface area contributed by atoms with E-state index in [4.69, 9.17) is 5.73 Å². The summed E-state index contributed by atoms with van der Waals surface area (Å²) >= 11 is 0. The lowest BCUT2D eigenvalue weighted by Gasteiger charge is -2.16. The van der Waals surface area contributed by atoms with Gasteiger partial charge < -0.3 is 11.9 Å². The summed E-state index contributed by atoms with van der Waals surface area (Å²) < 4.78 is 0. The van der Waals surface area contributed by atoms with Gasteiger partial charge in [0.05, 0.1) is 11.2 Å². The highest BCUT2D eigenvalue weighted by Gasteiger charge is 2.13. The molecule has 0 fully saturated rings. The third-order valence-corrected chi connectivity index (χ3v) is 1.33. The van der Waals surface area contributed by atoms with Gasteiger partial charge >= 0.3 is 0 Å². The second kappa shape index (κ2) is 3.46. The Labute approximate surface area is 67.2 Å². The molecule has 0 bridgehead atoms. The van der Waals surface area contributed by atoms with E-state index in [0.717, 1.165) is 5.69 Å². The lowest BCUT2D eigenvalue weighted by Crippen LogP contribution is -2.29. The number of nitrogens with two attached hydrogens (primary N) is 1. The molecule has 1 rings (SSSR count). The molecular weight excluding hydrogens is 138 g/mol. The number of hydrogen-bond donors (Lipinski definition) is 2. The van der Waals surface area contributed by atoms with E-state index in [-0.39, 0.29) is 11.7 Å². The third kappa shape index (κ3) is 2.65. The van der Waals surface area contributed by atoms with Gasteiger partial charge in [-0.15, -0.1) is 0 Å². The van der Waals surface area contributed by atoms with Crippen LogP contribution in [0, 0.1) is 0 Å². The summed E-state index contributed by atoms with van der Waals surface area (Å²) in [5.41, 5.74) is 6.40. The van der Waals surface area contributed by atoms with Gasteiger partial charge in [-0.05, 0) is 26.0 Å². The van der Waals surface area contributed by atoms with E-state index in [1.807, 2.05) is 32.0 Å². The normalized spacial score (nSPS) is 10.5. The van der Waals surface area contributed by atoms with Gasteiger partial charge in [-0.3, -0.25) is 4.98 Å². The Morgan fingerprint density at radius 2 is 2.00 bits per heavy atom. The fraction of sp³-hybridized carbons (Fsp3) is 0.375. The molecule has 1 heterocycles. The van der Waals surface area contributed by atoms with Gasteiger partial charge in [-0.25, -0.2) is 0 Å². The summed E-state index contributed by atoms with van der Waals surface area (Å²) in [5.74, 6) is 0. The zero-order chi connectivity index (χ0) is 7.61. The highest BCUT2D eigenvalue weighted by Crippen LogP contribution is 2.11. The first-order valence-corrected chi connectivity index (χ1v) is 3.31. The maximum atomic E-state index is 5.79. The molecule has 62 valence electrons. The van der Waals surface area contributed by atoms with Crippen molar-refractivity contribution in [3.63, 3.8) is 0 Å². The van der Waals surface area contributed by atoms with Gasteiger partial charge in [0.15, 0.2) is 0 Å². The van der Waals surface area contributed by atoms with Crippen LogP contribution in [0.5, 0.6) is 0 Å². The monoisotopic (exact) mass is 153 g/mol. The first-order chi connectivity index (χ1) is 4.61. The minimum atomic E-state index is -0.318. The topological polar surface area (TPSA) is 73.9 Å². The largest absolute Gasteiger partial charge is 0.344 e. The molecule has 0 amide bonds. The van der Waals surface area contributed by atoms with Crippen LogP contribution in [0.25, 0.3) is 0 Å². The molecule has 0 aliphatic heterocycles. The van der Waals surface area contributed by atoms with Crippen molar-refractivity contribution >= 4 is 0 Å². The van der Waals surface area contributed by atoms with Crippen LogP contribution in [0.3, 0.4) is 0 Å². The van der Waals surface area contributed by atoms with E-state index in [1.165, 1.54) is 0 Å². The summed E-state index contributed by atoms with van der Waals surface area (Å²) in [6.45, 7) is 3.88. The second-order valence-corrected chi connectivity index (χ2v) is 2.94. The minimum absolute atomic E-state index is 0. The van der Waals surface area contributed by atoms with Crippen molar-refractivity contribution in [1.29, 1.82) is 0 Å². The van der Waals surface area contributed by atoms with Crippen LogP contribution >= 0.6 is 0 Å². The number of nitrogens with zero attached hydrogens (tertiary/aromatic N) is 1. The minimum Gasteiger partial charge on any atom is -0.344 e. The molecule has 5 N–H and O–H groups in total. The molecule has 0 aromatic carbocycles. The van der Waals surface area contributed by atoms with Crippen molar-refractivity contribution in [2.45, 2.75) is 19.4 Å². The molecule has 0 aliphatic rings. The lowest BCUT2D eigenvalue weighted by atomic mass is 10.0. The van der Waals surface area contributed by atoms with Gasteiger partial charge in [0.1, 0.15) is 0 Å². The van der Waals surface area contributed by atoms with Gasteiger partial charge in [-0.1, -0.05) is 6.07 Å². The average Bonchev–Trinajstić information content (AvgIpc) is 1.88. The molecule has 1 aromatic rings. The lowest BCUT2D eigenvalue weighted by molar-refractivity contribution is 0.535. The number of aromatic nitrogens is 1. The van der Waals surface area contributed by atoms with Gasteiger partial charge in [0.2, 0.25) is 0 Å². The Kier molecular flexibility index (Phi) is 3.17. The number of pyridine rings is 1. The quantitative estimate of drug-likeness (QED) is 0.641. The van der Waals surface area contributed by atoms with Gasteiger partial charge in [-0.2, -0.15) is 0 Å². The second-order valence-electron chi connectivity index (χ2n) is 2.94. The van der Waals surface area contributed by atoms with Crippen LogP contribution in [0.2, 0.25) is 0 Å². The Balaban J connectivity index is 0.000001000. The summed E-state index contributed by atoms with van der Waals surface area (Å²) in [7, 11) is 0. The highest BCUT2D eigenvalue weighted by molar-refractivity contribution is 5.11. The molecule has 0 atom stereocenters. The van der Waals surface area contributed by atoms with Crippen molar-refractivity contribution in [3.8, 4) is 0 Å². The van der Waals surface area contributed by atoms with Crippen molar-refractivity contribution in [2.75, 3.05) is 0 Å². The SMILES string of the molecule is CC(C)(N)c1ccccn1.N. The predicted octanol–water partition coefficient (Wildman–Crippen LogP) is 1.44. The van der Waals surface area contributed by atoms with Crippen LogP contribution in [0.15, 0.2) is 24.4 Å². The fourth-order valence-electron chi connectivity index (χ4n) is 0.744. The molecule has 1 aromatic heterocycles. The van der Waals surface area contributed by atoms with Crippen molar-refractivity contribution < 1.29 is 0 Å². The van der Waals surface area contributed by atoms with Crippen LogP contribution < -0.4 is 11.9 Å². The molecule has 0 saturated heterocycles. The van der Waals surface area contributed by atoms with E-state index in [0.29, 0.717) is 0 Å². The first-order valence-electron chi connectivity index (χ1n) is 3.31. The fourth-order valence-corrected chi connectivity index (χ4v) is 0.744. The highest BCUT2D eigenvalue weighted by atomic mass is 14.8. The molecule has 0 aliphatic carbocycles. The smallest absolute Gasteiger partial charge is 0.0596 e. The number of rotatable bonds is 1. The van der Waals surface area contributed by atoms with Gasteiger partial charge in [0, 0.05) is 6.20 Å². The summed E-state index contributed by atoms with van der Waals surface area (Å²) in [6.07, 6.45) is 1.75. The molecular formula is C8H15N3. The molecule has 3 heteroatoms. The molecule has 0 unspecified atom stereocenters. The van der Waals surface area contributed by atoms with Crippen molar-refractivity contribution in [3.05, 3.63) is 30.1 Å². The Bertz CT molecular complexity index is 200. The predicted molar refractivity (Wildman–Crippen MR) is 46.5 cm³/mol. The summed E-state index contributed by atoms with van der Waals surface area (Å²) in [5, 5.41) is 0. The van der Waals surface area contributed by atoms with Crippen LogP contribution in [0.1, 0.15) is 19.5 Å². The zero-order valence-corrected chi connectivity index (χ0v) is 7.04. The third-order valence-electron chi connectivity index (χ3n) is 1.33.